The van der Waals surface area contributed by atoms with Crippen LogP contribution in [0.1, 0.15) is 54.8 Å². The van der Waals surface area contributed by atoms with E-state index in [2.05, 4.69) is 11.4 Å². The fourth-order valence-electron chi connectivity index (χ4n) is 3.44. The van der Waals surface area contributed by atoms with Crippen LogP contribution in [0.3, 0.4) is 0 Å². The highest BCUT2D eigenvalue weighted by Gasteiger charge is 2.25. The second-order valence-electron chi connectivity index (χ2n) is 5.66. The Hall–Kier alpha value is -0.730. The molecule has 2 nitrogen and oxygen atoms in total. The van der Waals surface area contributed by atoms with Gasteiger partial charge in [0, 0.05) is 11.6 Å². The van der Waals surface area contributed by atoms with Crippen molar-refractivity contribution in [2.75, 3.05) is 13.7 Å². The zero-order valence-corrected chi connectivity index (χ0v) is 12.4. The summed E-state index contributed by atoms with van der Waals surface area (Å²) in [5, 5.41) is 4.47. The molecule has 1 unspecified atom stereocenters. The van der Waals surface area contributed by atoms with Crippen LogP contribution in [0.4, 0.5) is 0 Å². The molecule has 1 aromatic carbocycles. The van der Waals surface area contributed by atoms with E-state index < -0.39 is 0 Å². The number of rotatable bonds is 2. The molecule has 1 N–H and O–H groups in total. The molecule has 1 aromatic rings. The molecule has 0 amide bonds. The van der Waals surface area contributed by atoms with Gasteiger partial charge in [0.15, 0.2) is 0 Å². The Balaban J connectivity index is 2.04. The maximum absolute atomic E-state index is 6.60. The summed E-state index contributed by atoms with van der Waals surface area (Å²) in [4.78, 5) is 0. The molecular weight excluding hydrogens is 258 g/mol. The minimum absolute atomic E-state index is 0.411. The van der Waals surface area contributed by atoms with Crippen molar-refractivity contribution < 1.29 is 4.74 Å². The highest BCUT2D eigenvalue weighted by Crippen LogP contribution is 2.41. The summed E-state index contributed by atoms with van der Waals surface area (Å²) in [5.41, 5.74) is 4.04. The zero-order valence-electron chi connectivity index (χ0n) is 11.6. The van der Waals surface area contributed by atoms with E-state index in [9.17, 15) is 0 Å². The van der Waals surface area contributed by atoms with E-state index in [0.29, 0.717) is 6.04 Å². The molecule has 3 rings (SSSR count). The number of hydrogen-bond donors (Lipinski definition) is 1. The molecule has 0 spiro atoms. The lowest BCUT2D eigenvalue weighted by Crippen LogP contribution is -2.27. The van der Waals surface area contributed by atoms with Crippen molar-refractivity contribution in [3.63, 3.8) is 0 Å². The molecular formula is C16H22ClNO. The van der Waals surface area contributed by atoms with Crippen LogP contribution in [0, 0.1) is 0 Å². The smallest absolute Gasteiger partial charge is 0.142 e. The Bertz CT molecular complexity index is 466. The molecule has 1 aliphatic heterocycles. The van der Waals surface area contributed by atoms with E-state index in [1.54, 1.807) is 7.11 Å². The molecule has 1 heterocycles. The predicted molar refractivity (Wildman–Crippen MR) is 79.2 cm³/mol. The van der Waals surface area contributed by atoms with E-state index in [-0.39, 0.29) is 0 Å². The van der Waals surface area contributed by atoms with Crippen LogP contribution in [0.5, 0.6) is 5.75 Å². The molecule has 1 atom stereocenters. The predicted octanol–water partition coefficient (Wildman–Crippen LogP) is 4.04. The molecule has 19 heavy (non-hydrogen) atoms. The SMILES string of the molecule is COc1c(C2CCCCN2)cc2c(c1Cl)CCCC2. The lowest BCUT2D eigenvalue weighted by molar-refractivity contribution is 0.372. The third-order valence-corrected chi connectivity index (χ3v) is 4.86. The first-order valence-electron chi connectivity index (χ1n) is 7.42. The number of benzene rings is 1. The third-order valence-electron chi connectivity index (χ3n) is 4.46. The van der Waals surface area contributed by atoms with Gasteiger partial charge in [-0.3, -0.25) is 0 Å². The Morgan fingerprint density at radius 1 is 1.21 bits per heavy atom. The average Bonchev–Trinajstić information content (AvgIpc) is 2.48. The summed E-state index contributed by atoms with van der Waals surface area (Å²) in [6.07, 6.45) is 8.55. The van der Waals surface area contributed by atoms with Gasteiger partial charge < -0.3 is 10.1 Å². The van der Waals surface area contributed by atoms with Gasteiger partial charge in [0.1, 0.15) is 5.75 Å². The fourth-order valence-corrected chi connectivity index (χ4v) is 3.84. The highest BCUT2D eigenvalue weighted by molar-refractivity contribution is 6.33. The number of ether oxygens (including phenoxy) is 1. The summed E-state index contributed by atoms with van der Waals surface area (Å²) < 4.78 is 5.62. The molecule has 1 aliphatic carbocycles. The minimum Gasteiger partial charge on any atom is -0.495 e. The van der Waals surface area contributed by atoms with Gasteiger partial charge in [-0.05, 0) is 56.2 Å². The van der Waals surface area contributed by atoms with E-state index >= 15 is 0 Å². The Labute approximate surface area is 120 Å². The van der Waals surface area contributed by atoms with Crippen LogP contribution < -0.4 is 10.1 Å². The normalized spacial score (nSPS) is 22.9. The standard InChI is InChI=1S/C16H22ClNO/c1-19-16-13(14-8-4-5-9-18-14)10-11-6-2-3-7-12(11)15(16)17/h10,14,18H,2-9H2,1H3. The number of piperidine rings is 1. The molecule has 3 heteroatoms. The van der Waals surface area contributed by atoms with E-state index in [1.807, 2.05) is 0 Å². The molecule has 104 valence electrons. The topological polar surface area (TPSA) is 21.3 Å². The first-order valence-corrected chi connectivity index (χ1v) is 7.80. The minimum atomic E-state index is 0.411. The summed E-state index contributed by atoms with van der Waals surface area (Å²) in [6.45, 7) is 1.10. The van der Waals surface area contributed by atoms with Crippen molar-refractivity contribution >= 4 is 11.6 Å². The maximum atomic E-state index is 6.60. The van der Waals surface area contributed by atoms with E-state index in [0.717, 1.165) is 23.7 Å². The molecule has 1 saturated heterocycles. The fraction of sp³-hybridized carbons (Fsp3) is 0.625. The third kappa shape index (κ3) is 2.48. The largest absolute Gasteiger partial charge is 0.495 e. The summed E-state index contributed by atoms with van der Waals surface area (Å²) in [5.74, 6) is 0.904. The number of aryl methyl sites for hydroxylation is 1. The molecule has 0 aromatic heterocycles. The molecule has 0 radical (unpaired) electrons. The highest BCUT2D eigenvalue weighted by atomic mass is 35.5. The van der Waals surface area contributed by atoms with Crippen LogP contribution in [0.15, 0.2) is 6.07 Å². The van der Waals surface area contributed by atoms with Crippen molar-refractivity contribution in [1.82, 2.24) is 5.32 Å². The summed E-state index contributed by atoms with van der Waals surface area (Å²) in [6, 6.07) is 2.76. The van der Waals surface area contributed by atoms with Crippen molar-refractivity contribution in [3.05, 3.63) is 27.8 Å². The average molecular weight is 280 g/mol. The Morgan fingerprint density at radius 2 is 2.05 bits per heavy atom. The monoisotopic (exact) mass is 279 g/mol. The van der Waals surface area contributed by atoms with E-state index in [4.69, 9.17) is 16.3 Å². The van der Waals surface area contributed by atoms with Crippen molar-refractivity contribution in [1.29, 1.82) is 0 Å². The zero-order chi connectivity index (χ0) is 13.2. The maximum Gasteiger partial charge on any atom is 0.142 e. The molecule has 1 fully saturated rings. The van der Waals surface area contributed by atoms with Crippen LogP contribution in [0.25, 0.3) is 0 Å². The van der Waals surface area contributed by atoms with Crippen molar-refractivity contribution in [2.24, 2.45) is 0 Å². The first kappa shape index (κ1) is 13.3. The number of nitrogens with one attached hydrogen (secondary N) is 1. The van der Waals surface area contributed by atoms with Gasteiger partial charge in [-0.2, -0.15) is 0 Å². The van der Waals surface area contributed by atoms with Gasteiger partial charge >= 0.3 is 0 Å². The van der Waals surface area contributed by atoms with Gasteiger partial charge in [-0.1, -0.05) is 24.1 Å². The van der Waals surface area contributed by atoms with Gasteiger partial charge in [0.2, 0.25) is 0 Å². The Kier molecular flexibility index (Phi) is 3.99. The molecule has 0 bridgehead atoms. The number of methoxy groups -OCH3 is 1. The van der Waals surface area contributed by atoms with Gasteiger partial charge in [-0.25, -0.2) is 0 Å². The lowest BCUT2D eigenvalue weighted by atomic mass is 9.87. The second-order valence-corrected chi connectivity index (χ2v) is 6.04. The number of fused-ring (bicyclic) bond motifs is 1. The lowest BCUT2D eigenvalue weighted by Gasteiger charge is -2.28. The van der Waals surface area contributed by atoms with Gasteiger partial charge in [0.05, 0.1) is 12.1 Å². The van der Waals surface area contributed by atoms with Crippen LogP contribution in [-0.2, 0) is 12.8 Å². The van der Waals surface area contributed by atoms with Crippen LogP contribution in [0.2, 0.25) is 5.02 Å². The molecule has 0 saturated carbocycles. The van der Waals surface area contributed by atoms with Gasteiger partial charge in [0.25, 0.3) is 0 Å². The summed E-state index contributed by atoms with van der Waals surface area (Å²) in [7, 11) is 1.74. The number of hydrogen-bond acceptors (Lipinski definition) is 2. The Morgan fingerprint density at radius 3 is 2.79 bits per heavy atom. The van der Waals surface area contributed by atoms with Crippen LogP contribution in [-0.4, -0.2) is 13.7 Å². The first-order chi connectivity index (χ1) is 9.31. The van der Waals surface area contributed by atoms with Crippen molar-refractivity contribution in [3.8, 4) is 5.75 Å². The van der Waals surface area contributed by atoms with Crippen LogP contribution >= 0.6 is 11.6 Å². The molecule has 2 aliphatic rings. The summed E-state index contributed by atoms with van der Waals surface area (Å²) >= 11 is 6.60. The second kappa shape index (κ2) is 5.72. The van der Waals surface area contributed by atoms with Crippen molar-refractivity contribution in [2.45, 2.75) is 51.0 Å². The van der Waals surface area contributed by atoms with Gasteiger partial charge in [-0.15, -0.1) is 0 Å². The van der Waals surface area contributed by atoms with E-state index in [1.165, 1.54) is 55.2 Å². The number of halogens is 1. The quantitative estimate of drug-likeness (QED) is 0.882.